The van der Waals surface area contributed by atoms with Crippen LogP contribution in [0.5, 0.6) is 0 Å². The summed E-state index contributed by atoms with van der Waals surface area (Å²) in [5.41, 5.74) is 0.975. The zero-order valence-corrected chi connectivity index (χ0v) is 12.0. The smallest absolute Gasteiger partial charge is 0.244 e. The molecule has 1 atom stereocenters. The number of halogens is 1. The summed E-state index contributed by atoms with van der Waals surface area (Å²) in [6.07, 6.45) is 4.79. The maximum absolute atomic E-state index is 11.6. The van der Waals surface area contributed by atoms with Crippen LogP contribution < -0.4 is 5.32 Å². The van der Waals surface area contributed by atoms with Gasteiger partial charge in [-0.15, -0.1) is 0 Å². The van der Waals surface area contributed by atoms with Gasteiger partial charge in [-0.25, -0.2) is 0 Å². The quantitative estimate of drug-likeness (QED) is 0.794. The second-order valence-corrected chi connectivity index (χ2v) is 5.08. The highest BCUT2D eigenvalue weighted by Gasteiger charge is 2.03. The molecule has 1 rings (SSSR count). The van der Waals surface area contributed by atoms with Crippen LogP contribution in [0.25, 0.3) is 6.08 Å². The van der Waals surface area contributed by atoms with E-state index >= 15 is 0 Å². The number of hydrogen-bond donors (Lipinski definition) is 2. The molecule has 0 radical (unpaired) electrons. The van der Waals surface area contributed by atoms with Gasteiger partial charge in [0.2, 0.25) is 5.91 Å². The Balaban J connectivity index is 2.44. The van der Waals surface area contributed by atoms with E-state index in [-0.39, 0.29) is 18.6 Å². The zero-order chi connectivity index (χ0) is 13.4. The summed E-state index contributed by atoms with van der Waals surface area (Å²) in [5, 5.41) is 11.5. The van der Waals surface area contributed by atoms with Crippen LogP contribution in [0.4, 0.5) is 0 Å². The van der Waals surface area contributed by atoms with E-state index in [2.05, 4.69) is 21.2 Å². The number of rotatable bonds is 6. The molecule has 0 aliphatic rings. The number of benzene rings is 1. The summed E-state index contributed by atoms with van der Waals surface area (Å²) in [7, 11) is 0. The average molecular weight is 312 g/mol. The van der Waals surface area contributed by atoms with Gasteiger partial charge in [0.1, 0.15) is 0 Å². The molecule has 98 valence electrons. The molecule has 1 aromatic rings. The lowest BCUT2D eigenvalue weighted by molar-refractivity contribution is -0.117. The second kappa shape index (κ2) is 8.06. The topological polar surface area (TPSA) is 49.3 Å². The second-order valence-electron chi connectivity index (χ2n) is 4.16. The van der Waals surface area contributed by atoms with Gasteiger partial charge >= 0.3 is 0 Å². The fourth-order valence-electron chi connectivity index (χ4n) is 1.54. The third-order valence-electron chi connectivity index (χ3n) is 2.46. The van der Waals surface area contributed by atoms with E-state index in [1.165, 1.54) is 6.08 Å². The Labute approximate surface area is 116 Å². The standard InChI is InChI=1S/C14H18BrNO2/c1-11(4-3-9-17)16-14(18)8-7-12-5-2-6-13(15)10-12/h2,5-8,10-11,17H,3-4,9H2,1H3,(H,16,18). The SMILES string of the molecule is CC(CCCO)NC(=O)C=Cc1cccc(Br)c1. The molecule has 18 heavy (non-hydrogen) atoms. The Hall–Kier alpha value is -1.13. The van der Waals surface area contributed by atoms with Crippen molar-refractivity contribution in [2.45, 2.75) is 25.8 Å². The monoisotopic (exact) mass is 311 g/mol. The van der Waals surface area contributed by atoms with Gasteiger partial charge in [-0.05, 0) is 43.5 Å². The first-order chi connectivity index (χ1) is 8.61. The van der Waals surface area contributed by atoms with Crippen molar-refractivity contribution in [3.05, 3.63) is 40.4 Å². The van der Waals surface area contributed by atoms with E-state index in [1.54, 1.807) is 6.08 Å². The fraction of sp³-hybridized carbons (Fsp3) is 0.357. The molecule has 1 unspecified atom stereocenters. The molecule has 0 saturated heterocycles. The Bertz CT molecular complexity index is 418. The first-order valence-corrected chi connectivity index (χ1v) is 6.76. The van der Waals surface area contributed by atoms with Crippen LogP contribution >= 0.6 is 15.9 Å². The Morgan fingerprint density at radius 2 is 2.33 bits per heavy atom. The molecule has 0 heterocycles. The van der Waals surface area contributed by atoms with Gasteiger partial charge in [-0.1, -0.05) is 28.1 Å². The summed E-state index contributed by atoms with van der Waals surface area (Å²) < 4.78 is 0.987. The molecule has 4 heteroatoms. The molecule has 2 N–H and O–H groups in total. The zero-order valence-electron chi connectivity index (χ0n) is 10.4. The molecular weight excluding hydrogens is 294 g/mol. The Morgan fingerprint density at radius 3 is 3.00 bits per heavy atom. The van der Waals surface area contributed by atoms with Crippen LogP contribution in [0.2, 0.25) is 0 Å². The van der Waals surface area contributed by atoms with Gasteiger partial charge in [0.05, 0.1) is 0 Å². The lowest BCUT2D eigenvalue weighted by Gasteiger charge is -2.10. The molecule has 1 amide bonds. The van der Waals surface area contributed by atoms with Crippen LogP contribution in [-0.2, 0) is 4.79 Å². The summed E-state index contributed by atoms with van der Waals surface area (Å²) in [6.45, 7) is 2.09. The van der Waals surface area contributed by atoms with Crippen LogP contribution in [0.3, 0.4) is 0 Å². The van der Waals surface area contributed by atoms with Crippen LogP contribution in [0, 0.1) is 0 Å². The van der Waals surface area contributed by atoms with E-state index in [0.29, 0.717) is 6.42 Å². The van der Waals surface area contributed by atoms with E-state index < -0.39 is 0 Å². The number of aliphatic hydroxyl groups excluding tert-OH is 1. The summed E-state index contributed by atoms with van der Waals surface area (Å²) in [4.78, 5) is 11.6. The first kappa shape index (κ1) is 14.9. The number of carbonyl (C=O) groups is 1. The van der Waals surface area contributed by atoms with Crippen molar-refractivity contribution in [1.29, 1.82) is 0 Å². The first-order valence-electron chi connectivity index (χ1n) is 5.97. The van der Waals surface area contributed by atoms with Gasteiger partial charge < -0.3 is 10.4 Å². The minimum absolute atomic E-state index is 0.0804. The fourth-order valence-corrected chi connectivity index (χ4v) is 1.96. The lowest BCUT2D eigenvalue weighted by atomic mass is 10.2. The largest absolute Gasteiger partial charge is 0.396 e. The molecule has 3 nitrogen and oxygen atoms in total. The van der Waals surface area contributed by atoms with Crippen LogP contribution in [0.15, 0.2) is 34.8 Å². The highest BCUT2D eigenvalue weighted by Crippen LogP contribution is 2.12. The predicted octanol–water partition coefficient (Wildman–Crippen LogP) is 2.74. The molecular formula is C14H18BrNO2. The van der Waals surface area contributed by atoms with Gasteiger partial charge in [0.25, 0.3) is 0 Å². The molecule has 0 aliphatic heterocycles. The predicted molar refractivity (Wildman–Crippen MR) is 77.1 cm³/mol. The molecule has 0 aromatic heterocycles. The normalized spacial score (nSPS) is 12.6. The number of aliphatic hydroxyl groups is 1. The van der Waals surface area contributed by atoms with E-state index in [1.807, 2.05) is 31.2 Å². The Kier molecular flexibility index (Phi) is 6.68. The summed E-state index contributed by atoms with van der Waals surface area (Å²) in [5.74, 6) is -0.111. The third kappa shape index (κ3) is 5.98. The molecule has 1 aromatic carbocycles. The van der Waals surface area contributed by atoms with Gasteiger partial charge in [-0.3, -0.25) is 4.79 Å². The van der Waals surface area contributed by atoms with E-state index in [9.17, 15) is 4.79 Å². The van der Waals surface area contributed by atoms with Gasteiger partial charge in [-0.2, -0.15) is 0 Å². The van der Waals surface area contributed by atoms with Crippen molar-refractivity contribution in [2.24, 2.45) is 0 Å². The lowest BCUT2D eigenvalue weighted by Crippen LogP contribution is -2.31. The number of amides is 1. The van der Waals surface area contributed by atoms with Gasteiger partial charge in [0, 0.05) is 23.2 Å². The average Bonchev–Trinajstić information content (AvgIpc) is 2.34. The van der Waals surface area contributed by atoms with Crippen LogP contribution in [-0.4, -0.2) is 23.7 Å². The highest BCUT2D eigenvalue weighted by molar-refractivity contribution is 9.10. The summed E-state index contributed by atoms with van der Waals surface area (Å²) in [6, 6.07) is 7.82. The van der Waals surface area contributed by atoms with Crippen molar-refractivity contribution in [1.82, 2.24) is 5.32 Å². The number of carbonyl (C=O) groups excluding carboxylic acids is 1. The van der Waals surface area contributed by atoms with E-state index in [0.717, 1.165) is 16.5 Å². The molecule has 0 aliphatic carbocycles. The maximum atomic E-state index is 11.6. The Morgan fingerprint density at radius 1 is 1.56 bits per heavy atom. The van der Waals surface area contributed by atoms with Crippen molar-refractivity contribution in [2.75, 3.05) is 6.61 Å². The molecule has 0 saturated carbocycles. The maximum Gasteiger partial charge on any atom is 0.244 e. The number of nitrogens with one attached hydrogen (secondary N) is 1. The third-order valence-corrected chi connectivity index (χ3v) is 2.95. The van der Waals surface area contributed by atoms with Crippen molar-refractivity contribution in [3.8, 4) is 0 Å². The van der Waals surface area contributed by atoms with Gasteiger partial charge in [0.15, 0.2) is 0 Å². The van der Waals surface area contributed by atoms with Crippen LogP contribution in [0.1, 0.15) is 25.3 Å². The molecule has 0 fully saturated rings. The molecule has 0 bridgehead atoms. The van der Waals surface area contributed by atoms with Crippen molar-refractivity contribution in [3.63, 3.8) is 0 Å². The molecule has 0 spiro atoms. The van der Waals surface area contributed by atoms with E-state index in [4.69, 9.17) is 5.11 Å². The number of hydrogen-bond acceptors (Lipinski definition) is 2. The van der Waals surface area contributed by atoms with Crippen molar-refractivity contribution >= 4 is 27.9 Å². The minimum atomic E-state index is -0.111. The minimum Gasteiger partial charge on any atom is -0.396 e. The highest BCUT2D eigenvalue weighted by atomic mass is 79.9. The summed E-state index contributed by atoms with van der Waals surface area (Å²) >= 11 is 3.38. The van der Waals surface area contributed by atoms with Crippen molar-refractivity contribution < 1.29 is 9.90 Å².